The predicted octanol–water partition coefficient (Wildman–Crippen LogP) is 5.95. The van der Waals surface area contributed by atoms with Crippen LogP contribution in [0.4, 0.5) is 5.69 Å². The minimum absolute atomic E-state index is 0.0303. The Labute approximate surface area is 159 Å². The second-order valence-corrected chi connectivity index (χ2v) is 7.66. The maximum Gasteiger partial charge on any atom is 0.257 e. The van der Waals surface area contributed by atoms with Crippen LogP contribution in [0.15, 0.2) is 66.9 Å². The molecule has 1 aromatic heterocycles. The largest absolute Gasteiger partial charge is 0.322 e. The summed E-state index contributed by atoms with van der Waals surface area (Å²) in [5.74, 6) is -0.175. The van der Waals surface area contributed by atoms with Crippen LogP contribution < -0.4 is 5.32 Å². The van der Waals surface area contributed by atoms with Gasteiger partial charge in [0.2, 0.25) is 0 Å². The van der Waals surface area contributed by atoms with Gasteiger partial charge in [0.25, 0.3) is 5.91 Å². The lowest BCUT2D eigenvalue weighted by atomic mass is 9.87. The highest BCUT2D eigenvalue weighted by atomic mass is 35.5. The summed E-state index contributed by atoms with van der Waals surface area (Å²) in [4.78, 5) is 16.9. The molecule has 3 aromatic rings. The topological polar surface area (TPSA) is 42.0 Å². The maximum atomic E-state index is 12.5. The molecule has 1 heterocycles. The SMILES string of the molecule is CC(C)(C)c1cccc(NC(=O)c2ccc(-c3ccc(Cl)cc3)nc2)c1. The highest BCUT2D eigenvalue weighted by Crippen LogP contribution is 2.25. The number of nitrogens with one attached hydrogen (secondary N) is 1. The first-order chi connectivity index (χ1) is 12.3. The molecule has 0 spiro atoms. The number of hydrogen-bond acceptors (Lipinski definition) is 2. The Kier molecular flexibility index (Phi) is 5.10. The summed E-state index contributed by atoms with van der Waals surface area (Å²) in [6.45, 7) is 6.44. The number of aromatic nitrogens is 1. The second-order valence-electron chi connectivity index (χ2n) is 7.22. The third kappa shape index (κ3) is 4.30. The minimum Gasteiger partial charge on any atom is -0.322 e. The van der Waals surface area contributed by atoms with Crippen molar-refractivity contribution >= 4 is 23.2 Å². The summed E-state index contributed by atoms with van der Waals surface area (Å²) in [6.07, 6.45) is 1.59. The molecule has 26 heavy (non-hydrogen) atoms. The van der Waals surface area contributed by atoms with E-state index >= 15 is 0 Å². The van der Waals surface area contributed by atoms with Crippen molar-refractivity contribution < 1.29 is 4.79 Å². The molecule has 3 nitrogen and oxygen atoms in total. The predicted molar refractivity (Wildman–Crippen MR) is 108 cm³/mol. The Balaban J connectivity index is 1.75. The van der Waals surface area contributed by atoms with Crippen LogP contribution in [-0.2, 0) is 5.41 Å². The summed E-state index contributed by atoms with van der Waals surface area (Å²) in [5.41, 5.74) is 4.26. The van der Waals surface area contributed by atoms with Crippen LogP contribution in [0.3, 0.4) is 0 Å². The van der Waals surface area contributed by atoms with Crippen molar-refractivity contribution in [3.8, 4) is 11.3 Å². The molecule has 0 unspecified atom stereocenters. The summed E-state index contributed by atoms with van der Waals surface area (Å²) >= 11 is 5.91. The summed E-state index contributed by atoms with van der Waals surface area (Å²) < 4.78 is 0. The fourth-order valence-electron chi connectivity index (χ4n) is 2.59. The zero-order valence-electron chi connectivity index (χ0n) is 15.1. The van der Waals surface area contributed by atoms with E-state index in [1.54, 1.807) is 12.3 Å². The highest BCUT2D eigenvalue weighted by molar-refractivity contribution is 6.30. The third-order valence-corrected chi connectivity index (χ3v) is 4.40. The molecule has 0 radical (unpaired) electrons. The van der Waals surface area contributed by atoms with Gasteiger partial charge in [-0.3, -0.25) is 9.78 Å². The van der Waals surface area contributed by atoms with Crippen LogP contribution in [0.25, 0.3) is 11.3 Å². The first-order valence-corrected chi connectivity index (χ1v) is 8.84. The zero-order chi connectivity index (χ0) is 18.7. The molecule has 1 N–H and O–H groups in total. The van der Waals surface area contributed by atoms with Crippen molar-refractivity contribution in [2.75, 3.05) is 5.32 Å². The fourth-order valence-corrected chi connectivity index (χ4v) is 2.71. The molecule has 3 rings (SSSR count). The van der Waals surface area contributed by atoms with Crippen molar-refractivity contribution in [3.05, 3.63) is 83.0 Å². The van der Waals surface area contributed by atoms with Crippen LogP contribution in [-0.4, -0.2) is 10.9 Å². The zero-order valence-corrected chi connectivity index (χ0v) is 15.8. The minimum atomic E-state index is -0.175. The smallest absolute Gasteiger partial charge is 0.257 e. The van der Waals surface area contributed by atoms with Gasteiger partial charge in [0.05, 0.1) is 11.3 Å². The molecule has 0 bridgehead atoms. The number of rotatable bonds is 3. The van der Waals surface area contributed by atoms with Gasteiger partial charge in [-0.15, -0.1) is 0 Å². The Morgan fingerprint density at radius 2 is 1.73 bits per heavy atom. The van der Waals surface area contributed by atoms with E-state index in [0.29, 0.717) is 10.6 Å². The highest BCUT2D eigenvalue weighted by Gasteiger charge is 2.14. The molecule has 1 amide bonds. The molecule has 2 aromatic carbocycles. The van der Waals surface area contributed by atoms with Gasteiger partial charge in [-0.1, -0.05) is 56.6 Å². The number of halogens is 1. The second kappa shape index (κ2) is 7.30. The molecule has 0 atom stereocenters. The molecule has 0 saturated carbocycles. The summed E-state index contributed by atoms with van der Waals surface area (Å²) in [5, 5.41) is 3.62. The van der Waals surface area contributed by atoms with Crippen LogP contribution in [0, 0.1) is 0 Å². The first-order valence-electron chi connectivity index (χ1n) is 8.47. The maximum absolute atomic E-state index is 12.5. The van der Waals surface area contributed by atoms with Gasteiger partial charge in [-0.05, 0) is 47.4 Å². The van der Waals surface area contributed by atoms with E-state index in [4.69, 9.17) is 11.6 Å². The summed E-state index contributed by atoms with van der Waals surface area (Å²) in [7, 11) is 0. The Hall–Kier alpha value is -2.65. The van der Waals surface area contributed by atoms with Gasteiger partial charge in [0, 0.05) is 22.5 Å². The number of anilines is 1. The third-order valence-electron chi connectivity index (χ3n) is 4.15. The molecular formula is C22H21ClN2O. The van der Waals surface area contributed by atoms with Gasteiger partial charge in [0.1, 0.15) is 0 Å². The van der Waals surface area contributed by atoms with Crippen molar-refractivity contribution in [3.63, 3.8) is 0 Å². The van der Waals surface area contributed by atoms with Gasteiger partial charge in [-0.2, -0.15) is 0 Å². The number of amides is 1. The van der Waals surface area contributed by atoms with Crippen molar-refractivity contribution in [1.29, 1.82) is 0 Å². The number of carbonyl (C=O) groups is 1. The molecule has 0 aliphatic rings. The van der Waals surface area contributed by atoms with Gasteiger partial charge in [-0.25, -0.2) is 0 Å². The van der Waals surface area contributed by atoms with Crippen LogP contribution >= 0.6 is 11.6 Å². The van der Waals surface area contributed by atoms with Gasteiger partial charge < -0.3 is 5.32 Å². The van der Waals surface area contributed by atoms with Crippen molar-refractivity contribution in [2.45, 2.75) is 26.2 Å². The lowest BCUT2D eigenvalue weighted by Crippen LogP contribution is -2.14. The van der Waals surface area contributed by atoms with Crippen molar-refractivity contribution in [2.24, 2.45) is 0 Å². The fraction of sp³-hybridized carbons (Fsp3) is 0.182. The van der Waals surface area contributed by atoms with Gasteiger partial charge >= 0.3 is 0 Å². The average Bonchev–Trinajstić information content (AvgIpc) is 2.62. The van der Waals surface area contributed by atoms with E-state index in [1.165, 1.54) is 5.56 Å². The number of pyridine rings is 1. The summed E-state index contributed by atoms with van der Waals surface area (Å²) in [6, 6.07) is 19.0. The first kappa shape index (κ1) is 18.2. The molecule has 4 heteroatoms. The van der Waals surface area contributed by atoms with Crippen LogP contribution in [0.1, 0.15) is 36.7 Å². The van der Waals surface area contributed by atoms with Crippen molar-refractivity contribution in [1.82, 2.24) is 4.98 Å². The Morgan fingerprint density at radius 1 is 1.00 bits per heavy atom. The average molecular weight is 365 g/mol. The molecule has 0 aliphatic heterocycles. The van der Waals surface area contributed by atoms with E-state index in [9.17, 15) is 4.79 Å². The Morgan fingerprint density at radius 3 is 2.35 bits per heavy atom. The quantitative estimate of drug-likeness (QED) is 0.623. The molecular weight excluding hydrogens is 344 g/mol. The molecule has 0 aliphatic carbocycles. The number of carbonyl (C=O) groups excluding carboxylic acids is 1. The van der Waals surface area contributed by atoms with Gasteiger partial charge in [0.15, 0.2) is 0 Å². The normalized spacial score (nSPS) is 11.2. The standard InChI is InChI=1S/C22H21ClN2O/c1-22(2,3)17-5-4-6-19(13-17)25-21(26)16-9-12-20(24-14-16)15-7-10-18(23)11-8-15/h4-14H,1-3H3,(H,25,26). The van der Waals surface area contributed by atoms with E-state index in [2.05, 4.69) is 37.1 Å². The van der Waals surface area contributed by atoms with E-state index in [-0.39, 0.29) is 11.3 Å². The monoisotopic (exact) mass is 364 g/mol. The number of nitrogens with zero attached hydrogens (tertiary/aromatic N) is 1. The van der Waals surface area contributed by atoms with Crippen LogP contribution in [0.2, 0.25) is 5.02 Å². The Bertz CT molecular complexity index is 910. The number of benzene rings is 2. The molecule has 132 valence electrons. The lowest BCUT2D eigenvalue weighted by molar-refractivity contribution is 0.102. The number of hydrogen-bond donors (Lipinski definition) is 1. The molecule has 0 fully saturated rings. The van der Waals surface area contributed by atoms with E-state index < -0.39 is 0 Å². The van der Waals surface area contributed by atoms with E-state index in [0.717, 1.165) is 16.9 Å². The lowest BCUT2D eigenvalue weighted by Gasteiger charge is -2.19. The van der Waals surface area contributed by atoms with Crippen LogP contribution in [0.5, 0.6) is 0 Å². The van der Waals surface area contributed by atoms with E-state index in [1.807, 2.05) is 48.5 Å². The molecule has 0 saturated heterocycles.